The Kier molecular flexibility index (Phi) is 5.85. The van der Waals surface area contributed by atoms with E-state index in [2.05, 4.69) is 61.7 Å². The minimum absolute atomic E-state index is 0.0658. The van der Waals surface area contributed by atoms with E-state index in [1.165, 1.54) is 24.0 Å². The van der Waals surface area contributed by atoms with Crippen LogP contribution in [0.4, 0.5) is 5.69 Å². The van der Waals surface area contributed by atoms with Crippen LogP contribution in [0.2, 0.25) is 0 Å². The van der Waals surface area contributed by atoms with Gasteiger partial charge in [-0.3, -0.25) is 4.90 Å². The van der Waals surface area contributed by atoms with Gasteiger partial charge in [0.1, 0.15) is 11.9 Å². The molecule has 3 aromatic rings. The Labute approximate surface area is 193 Å². The van der Waals surface area contributed by atoms with Crippen molar-refractivity contribution in [3.63, 3.8) is 0 Å². The number of fused-ring (bicyclic) bond motifs is 1. The molecule has 0 spiro atoms. The topological polar surface area (TPSA) is 34.1 Å². The summed E-state index contributed by atoms with van der Waals surface area (Å²) < 4.78 is 12.6. The number of aryl methyl sites for hydroxylation is 1. The van der Waals surface area contributed by atoms with Crippen molar-refractivity contribution < 1.29 is 9.47 Å². The minimum atomic E-state index is -0.0766. The molecule has 5 rings (SSSR count). The van der Waals surface area contributed by atoms with Crippen molar-refractivity contribution in [2.75, 3.05) is 13.1 Å². The van der Waals surface area contributed by atoms with Crippen LogP contribution in [0.3, 0.4) is 0 Å². The largest absolute Gasteiger partial charge is 0.485 e. The first kappa shape index (κ1) is 21.0. The Morgan fingerprint density at radius 1 is 1.09 bits per heavy atom. The number of para-hydroxylation sites is 1. The van der Waals surface area contributed by atoms with Gasteiger partial charge in [0.25, 0.3) is 0 Å². The Morgan fingerprint density at radius 2 is 1.84 bits per heavy atom. The number of nitrogens with zero attached hydrogens (tertiary/aromatic N) is 2. The molecule has 0 aliphatic carbocycles. The first-order valence-corrected chi connectivity index (χ1v) is 12.0. The molecule has 3 heterocycles. The molecule has 1 saturated heterocycles. The SMILES string of the molecule is C=C(OC(C)c1ccccc1C)c1ccc(C2=Nc3ccccc3C(N3CCCC3)O2)s1. The lowest BCUT2D eigenvalue weighted by atomic mass is 10.0. The Balaban J connectivity index is 1.36. The van der Waals surface area contributed by atoms with Crippen molar-refractivity contribution in [2.45, 2.75) is 39.0 Å². The van der Waals surface area contributed by atoms with Gasteiger partial charge in [-0.1, -0.05) is 49.0 Å². The van der Waals surface area contributed by atoms with E-state index >= 15 is 0 Å². The average molecular weight is 445 g/mol. The Bertz CT molecular complexity index is 1160. The van der Waals surface area contributed by atoms with Gasteiger partial charge in [-0.15, -0.1) is 11.3 Å². The van der Waals surface area contributed by atoms with Crippen LogP contribution in [0.25, 0.3) is 5.76 Å². The number of aliphatic imine (C=N–C) groups is 1. The maximum Gasteiger partial charge on any atom is 0.233 e. The number of hydrogen-bond acceptors (Lipinski definition) is 5. The van der Waals surface area contributed by atoms with Crippen molar-refractivity contribution in [3.8, 4) is 0 Å². The highest BCUT2D eigenvalue weighted by atomic mass is 32.1. The molecule has 1 aromatic heterocycles. The number of hydrogen-bond donors (Lipinski definition) is 0. The molecule has 5 heteroatoms. The fourth-order valence-electron chi connectivity index (χ4n) is 4.44. The summed E-state index contributed by atoms with van der Waals surface area (Å²) in [4.78, 5) is 9.23. The second-order valence-corrected chi connectivity index (χ2v) is 9.48. The molecule has 0 amide bonds. The quantitative estimate of drug-likeness (QED) is 0.384. The third-order valence-corrected chi connectivity index (χ3v) is 7.27. The molecule has 1 fully saturated rings. The van der Waals surface area contributed by atoms with Gasteiger partial charge in [-0.25, -0.2) is 4.99 Å². The van der Waals surface area contributed by atoms with E-state index < -0.39 is 0 Å². The molecule has 0 N–H and O–H groups in total. The van der Waals surface area contributed by atoms with E-state index in [0.29, 0.717) is 11.7 Å². The second-order valence-electron chi connectivity index (χ2n) is 8.39. The van der Waals surface area contributed by atoms with Crippen LogP contribution in [0.5, 0.6) is 0 Å². The van der Waals surface area contributed by atoms with Gasteiger partial charge in [0.15, 0.2) is 6.23 Å². The van der Waals surface area contributed by atoms with Gasteiger partial charge < -0.3 is 9.47 Å². The maximum atomic E-state index is 6.46. The van der Waals surface area contributed by atoms with Gasteiger partial charge in [0.05, 0.1) is 15.4 Å². The summed E-state index contributed by atoms with van der Waals surface area (Å²) in [6.07, 6.45) is 2.29. The molecule has 2 atom stereocenters. The number of rotatable bonds is 6. The Hall–Kier alpha value is -2.89. The van der Waals surface area contributed by atoms with E-state index in [0.717, 1.165) is 34.1 Å². The molecular formula is C27H28N2O2S. The maximum absolute atomic E-state index is 6.46. The standard InChI is InChI=1S/C27H28N2O2S/c1-18-10-4-5-11-21(18)19(2)30-20(3)24-14-15-25(32-24)26-28-23-13-7-6-12-22(23)27(31-26)29-16-8-9-17-29/h4-7,10-15,19,27H,3,8-9,16-17H2,1-2H3. The molecule has 2 aliphatic rings. The third kappa shape index (κ3) is 4.10. The average Bonchev–Trinajstić information content (AvgIpc) is 3.51. The molecule has 0 bridgehead atoms. The highest BCUT2D eigenvalue weighted by Gasteiger charge is 2.32. The summed E-state index contributed by atoms with van der Waals surface area (Å²) >= 11 is 1.61. The van der Waals surface area contributed by atoms with E-state index in [1.807, 2.05) is 24.3 Å². The summed E-state index contributed by atoms with van der Waals surface area (Å²) in [6.45, 7) is 10.5. The molecule has 164 valence electrons. The second kappa shape index (κ2) is 8.93. The first-order valence-electron chi connectivity index (χ1n) is 11.2. The minimum Gasteiger partial charge on any atom is -0.485 e. The molecule has 2 aliphatic heterocycles. The van der Waals surface area contributed by atoms with Crippen molar-refractivity contribution in [2.24, 2.45) is 4.99 Å². The zero-order valence-electron chi connectivity index (χ0n) is 18.6. The van der Waals surface area contributed by atoms with Crippen molar-refractivity contribution >= 4 is 28.7 Å². The van der Waals surface area contributed by atoms with Crippen molar-refractivity contribution in [1.82, 2.24) is 4.90 Å². The van der Waals surface area contributed by atoms with E-state index in [-0.39, 0.29) is 12.3 Å². The summed E-state index contributed by atoms with van der Waals surface area (Å²) in [5.41, 5.74) is 4.53. The number of benzene rings is 2. The first-order chi connectivity index (χ1) is 15.6. The van der Waals surface area contributed by atoms with E-state index in [4.69, 9.17) is 14.5 Å². The van der Waals surface area contributed by atoms with Crippen LogP contribution < -0.4 is 0 Å². The monoisotopic (exact) mass is 444 g/mol. The van der Waals surface area contributed by atoms with E-state index in [9.17, 15) is 0 Å². The summed E-state index contributed by atoms with van der Waals surface area (Å²) in [5.74, 6) is 1.35. The predicted molar refractivity (Wildman–Crippen MR) is 131 cm³/mol. The molecular weight excluding hydrogens is 416 g/mol. The van der Waals surface area contributed by atoms with Crippen LogP contribution in [0.15, 0.2) is 72.2 Å². The normalized spacial score (nSPS) is 19.1. The predicted octanol–water partition coefficient (Wildman–Crippen LogP) is 7.01. The van der Waals surface area contributed by atoms with Gasteiger partial charge in [-0.2, -0.15) is 0 Å². The zero-order valence-corrected chi connectivity index (χ0v) is 19.4. The summed E-state index contributed by atoms with van der Waals surface area (Å²) in [7, 11) is 0. The molecule has 2 unspecified atom stereocenters. The Morgan fingerprint density at radius 3 is 2.66 bits per heavy atom. The van der Waals surface area contributed by atoms with Crippen molar-refractivity contribution in [1.29, 1.82) is 0 Å². The van der Waals surface area contributed by atoms with Gasteiger partial charge in [0.2, 0.25) is 5.90 Å². The lowest BCUT2D eigenvalue weighted by Crippen LogP contribution is -2.31. The number of thiophene rings is 1. The molecule has 2 aromatic carbocycles. The van der Waals surface area contributed by atoms with Gasteiger partial charge in [0, 0.05) is 18.7 Å². The number of likely N-dealkylation sites (tertiary alicyclic amines) is 1. The lowest BCUT2D eigenvalue weighted by molar-refractivity contribution is 0.0297. The fourth-order valence-corrected chi connectivity index (χ4v) is 5.30. The smallest absolute Gasteiger partial charge is 0.233 e. The van der Waals surface area contributed by atoms with Crippen LogP contribution in [0, 0.1) is 6.92 Å². The molecule has 0 radical (unpaired) electrons. The van der Waals surface area contributed by atoms with Crippen LogP contribution in [-0.2, 0) is 9.47 Å². The molecule has 4 nitrogen and oxygen atoms in total. The molecule has 0 saturated carbocycles. The lowest BCUT2D eigenvalue weighted by Gasteiger charge is -2.32. The van der Waals surface area contributed by atoms with Crippen LogP contribution in [-0.4, -0.2) is 23.9 Å². The highest BCUT2D eigenvalue weighted by molar-refractivity contribution is 7.15. The van der Waals surface area contributed by atoms with Gasteiger partial charge >= 0.3 is 0 Å². The summed E-state index contributed by atoms with van der Waals surface area (Å²) in [6, 6.07) is 20.7. The fraction of sp³-hybridized carbons (Fsp3) is 0.296. The van der Waals surface area contributed by atoms with Crippen molar-refractivity contribution in [3.05, 3.63) is 93.7 Å². The highest BCUT2D eigenvalue weighted by Crippen LogP contribution is 2.39. The molecule has 32 heavy (non-hydrogen) atoms. The zero-order chi connectivity index (χ0) is 22.1. The van der Waals surface area contributed by atoms with E-state index in [1.54, 1.807) is 11.3 Å². The third-order valence-electron chi connectivity index (χ3n) is 6.16. The van der Waals surface area contributed by atoms with Crippen LogP contribution >= 0.6 is 11.3 Å². The van der Waals surface area contributed by atoms with Gasteiger partial charge in [-0.05, 0) is 56.0 Å². The van der Waals surface area contributed by atoms with Crippen LogP contribution in [0.1, 0.15) is 58.5 Å². The number of ether oxygens (including phenoxy) is 2. The summed E-state index contributed by atoms with van der Waals surface area (Å²) in [5, 5.41) is 0.